The highest BCUT2D eigenvalue weighted by atomic mass is 16.5. The fourth-order valence-corrected chi connectivity index (χ4v) is 10.4. The highest BCUT2D eigenvalue weighted by Crippen LogP contribution is 2.18. The average Bonchev–Trinajstić information content (AvgIpc) is 3.42. The molecule has 2 atom stereocenters. The molecular weight excluding hydrogens is 935 g/mol. The van der Waals surface area contributed by atoms with Crippen LogP contribution in [-0.2, 0) is 14.3 Å². The summed E-state index contributed by atoms with van der Waals surface area (Å²) in [6.07, 6.45) is 84.8. The molecule has 446 valence electrons. The number of hydrogen-bond acceptors (Lipinski definition) is 5. The van der Waals surface area contributed by atoms with Gasteiger partial charge in [0.1, 0.15) is 0 Å². The molecule has 2 unspecified atom stereocenters. The third-order valence-corrected chi connectivity index (χ3v) is 15.6. The van der Waals surface area contributed by atoms with Crippen LogP contribution in [0, 0.1) is 0 Å². The van der Waals surface area contributed by atoms with Crippen LogP contribution < -0.4 is 5.32 Å². The van der Waals surface area contributed by atoms with E-state index in [9.17, 15) is 19.8 Å². The minimum absolute atomic E-state index is 0.00357. The van der Waals surface area contributed by atoms with Crippen molar-refractivity contribution in [2.75, 3.05) is 13.2 Å². The summed E-state index contributed by atoms with van der Waals surface area (Å²) in [6, 6.07) is -0.625. The molecule has 0 saturated carbocycles. The second-order valence-corrected chi connectivity index (χ2v) is 23.1. The van der Waals surface area contributed by atoms with Crippen LogP contribution in [0.15, 0.2) is 48.6 Å². The van der Waals surface area contributed by atoms with E-state index in [1.807, 2.05) is 6.08 Å². The lowest BCUT2D eigenvalue weighted by Gasteiger charge is -2.20. The van der Waals surface area contributed by atoms with E-state index in [1.165, 1.54) is 283 Å². The van der Waals surface area contributed by atoms with E-state index < -0.39 is 12.1 Å². The fraction of sp³-hybridized carbons (Fsp3) is 0.857. The molecule has 1 amide bonds. The second kappa shape index (κ2) is 65.3. The molecule has 0 radical (unpaired) electrons. The lowest BCUT2D eigenvalue weighted by Crippen LogP contribution is -2.45. The summed E-state index contributed by atoms with van der Waals surface area (Å²) in [5.74, 6) is -0.0612. The van der Waals surface area contributed by atoms with Gasteiger partial charge < -0.3 is 20.3 Å². The number of rotatable bonds is 63. The van der Waals surface area contributed by atoms with E-state index in [0.29, 0.717) is 19.4 Å². The summed E-state index contributed by atoms with van der Waals surface area (Å²) >= 11 is 0. The van der Waals surface area contributed by atoms with Crippen molar-refractivity contribution in [2.24, 2.45) is 0 Å². The van der Waals surface area contributed by atoms with Gasteiger partial charge in [-0.25, -0.2) is 0 Å². The van der Waals surface area contributed by atoms with Gasteiger partial charge >= 0.3 is 5.97 Å². The Morgan fingerprint density at radius 3 is 1.05 bits per heavy atom. The molecule has 0 spiro atoms. The molecule has 6 nitrogen and oxygen atoms in total. The number of ether oxygens (including phenoxy) is 1. The van der Waals surface area contributed by atoms with Crippen LogP contribution in [0.3, 0.4) is 0 Å². The number of carbonyl (C=O) groups is 2. The number of esters is 1. The van der Waals surface area contributed by atoms with Gasteiger partial charge in [-0.1, -0.05) is 313 Å². The molecule has 76 heavy (non-hydrogen) atoms. The Bertz CT molecular complexity index is 1270. The topological polar surface area (TPSA) is 95.9 Å². The van der Waals surface area contributed by atoms with Gasteiger partial charge in [-0.3, -0.25) is 9.59 Å². The monoisotopic (exact) mass is 1070 g/mol. The zero-order valence-corrected chi connectivity index (χ0v) is 51.0. The Morgan fingerprint density at radius 1 is 0.368 bits per heavy atom. The smallest absolute Gasteiger partial charge is 0.305 e. The van der Waals surface area contributed by atoms with E-state index in [1.54, 1.807) is 6.08 Å². The second-order valence-electron chi connectivity index (χ2n) is 23.1. The van der Waals surface area contributed by atoms with E-state index in [2.05, 4.69) is 55.6 Å². The highest BCUT2D eigenvalue weighted by molar-refractivity contribution is 5.76. The van der Waals surface area contributed by atoms with Gasteiger partial charge in [0.25, 0.3) is 0 Å². The van der Waals surface area contributed by atoms with Gasteiger partial charge in [-0.2, -0.15) is 0 Å². The van der Waals surface area contributed by atoms with Gasteiger partial charge in [0.05, 0.1) is 25.4 Å². The molecule has 0 aromatic heterocycles. The van der Waals surface area contributed by atoms with Crippen LogP contribution in [0.2, 0.25) is 0 Å². The summed E-state index contributed by atoms with van der Waals surface area (Å²) < 4.78 is 5.48. The average molecular weight is 1070 g/mol. The van der Waals surface area contributed by atoms with Crippen molar-refractivity contribution in [3.63, 3.8) is 0 Å². The molecule has 6 heteroatoms. The molecule has 0 bridgehead atoms. The largest absolute Gasteiger partial charge is 0.466 e. The van der Waals surface area contributed by atoms with Crippen LogP contribution in [0.1, 0.15) is 361 Å². The Hall–Kier alpha value is -2.18. The van der Waals surface area contributed by atoms with Gasteiger partial charge in [-0.15, -0.1) is 0 Å². The Balaban J connectivity index is 3.35. The lowest BCUT2D eigenvalue weighted by atomic mass is 10.0. The summed E-state index contributed by atoms with van der Waals surface area (Å²) in [4.78, 5) is 24.5. The first kappa shape index (κ1) is 73.8. The van der Waals surface area contributed by atoms with Crippen molar-refractivity contribution >= 4 is 11.9 Å². The maximum absolute atomic E-state index is 12.4. The first-order valence-electron chi connectivity index (χ1n) is 33.9. The standard InChI is InChI=1S/C70H131NO5/c1-3-5-7-9-11-13-15-17-40-44-48-52-56-60-64-70(75)76-65-61-57-53-49-45-41-38-36-34-32-30-28-26-24-22-20-18-19-21-23-25-27-29-31-33-35-37-39-43-47-51-55-59-63-69(74)71-67(66-72)68(73)62-58-54-50-46-42-16-14-12-10-8-6-4-2/h9,11,15,17,22,24,58,62,67-68,72-73H,3-8,10,12-14,16,18-21,23,25-57,59-61,63-66H2,1-2H3,(H,71,74)/b11-9-,17-15-,24-22-,62-58+. The van der Waals surface area contributed by atoms with Crippen molar-refractivity contribution in [1.29, 1.82) is 0 Å². The number of amides is 1. The SMILES string of the molecule is CCCC/C=C\C/C=C\CCCCCCCC(=O)OCCCCCCCCCCCCCC/C=C\CCCCCCCCCCCCCCCCCCCC(=O)NC(CO)C(O)/C=C/CCCCCCCCCCCC. The Labute approximate surface area is 474 Å². The van der Waals surface area contributed by atoms with Crippen LogP contribution in [0.5, 0.6) is 0 Å². The molecule has 0 aliphatic heterocycles. The van der Waals surface area contributed by atoms with Gasteiger partial charge in [-0.05, 0) is 83.5 Å². The minimum atomic E-state index is -0.841. The predicted molar refractivity (Wildman–Crippen MR) is 333 cm³/mol. The van der Waals surface area contributed by atoms with Gasteiger partial charge in [0.2, 0.25) is 5.91 Å². The van der Waals surface area contributed by atoms with E-state index in [4.69, 9.17) is 4.74 Å². The fourth-order valence-electron chi connectivity index (χ4n) is 10.4. The van der Waals surface area contributed by atoms with Gasteiger partial charge in [0, 0.05) is 12.8 Å². The molecular formula is C70H131NO5. The van der Waals surface area contributed by atoms with E-state index in [0.717, 1.165) is 51.4 Å². The molecule has 0 aromatic carbocycles. The van der Waals surface area contributed by atoms with Crippen molar-refractivity contribution in [1.82, 2.24) is 5.32 Å². The highest BCUT2D eigenvalue weighted by Gasteiger charge is 2.18. The quantitative estimate of drug-likeness (QED) is 0.0320. The summed E-state index contributed by atoms with van der Waals surface area (Å²) in [5, 5.41) is 23.1. The maximum atomic E-state index is 12.4. The van der Waals surface area contributed by atoms with Crippen LogP contribution in [-0.4, -0.2) is 47.4 Å². The van der Waals surface area contributed by atoms with E-state index >= 15 is 0 Å². The Morgan fingerprint density at radius 2 is 0.671 bits per heavy atom. The molecule has 0 aliphatic rings. The molecule has 0 aromatic rings. The van der Waals surface area contributed by atoms with Gasteiger partial charge in [0.15, 0.2) is 0 Å². The number of aliphatic hydroxyl groups excluding tert-OH is 2. The van der Waals surface area contributed by atoms with Crippen LogP contribution in [0.25, 0.3) is 0 Å². The lowest BCUT2D eigenvalue weighted by molar-refractivity contribution is -0.143. The van der Waals surface area contributed by atoms with Crippen molar-refractivity contribution in [3.05, 3.63) is 48.6 Å². The third-order valence-electron chi connectivity index (χ3n) is 15.6. The maximum Gasteiger partial charge on any atom is 0.305 e. The van der Waals surface area contributed by atoms with Crippen molar-refractivity contribution < 1.29 is 24.5 Å². The molecule has 0 rings (SSSR count). The number of unbranched alkanes of at least 4 members (excludes halogenated alkanes) is 46. The minimum Gasteiger partial charge on any atom is -0.466 e. The zero-order valence-electron chi connectivity index (χ0n) is 51.0. The molecule has 3 N–H and O–H groups in total. The summed E-state index contributed by atoms with van der Waals surface area (Å²) in [5.41, 5.74) is 0. The van der Waals surface area contributed by atoms with Crippen LogP contribution >= 0.6 is 0 Å². The first-order valence-corrected chi connectivity index (χ1v) is 33.9. The Kier molecular flexibility index (Phi) is 63.5. The number of carbonyl (C=O) groups excluding carboxylic acids is 2. The van der Waals surface area contributed by atoms with Crippen molar-refractivity contribution in [3.8, 4) is 0 Å². The number of allylic oxidation sites excluding steroid dienone is 7. The normalized spacial score (nSPS) is 12.8. The number of aliphatic hydroxyl groups is 2. The predicted octanol–water partition coefficient (Wildman–Crippen LogP) is 21.7. The van der Waals surface area contributed by atoms with Crippen molar-refractivity contribution in [2.45, 2.75) is 373 Å². The summed E-state index contributed by atoms with van der Waals surface area (Å²) in [6.45, 7) is 4.86. The van der Waals surface area contributed by atoms with E-state index in [-0.39, 0.29) is 18.5 Å². The number of nitrogens with one attached hydrogen (secondary N) is 1. The molecule has 0 heterocycles. The molecule has 0 aliphatic carbocycles. The first-order chi connectivity index (χ1) is 37.5. The molecule has 0 saturated heterocycles. The number of hydrogen-bond donors (Lipinski definition) is 3. The summed E-state index contributed by atoms with van der Waals surface area (Å²) in [7, 11) is 0. The third kappa shape index (κ3) is 61.0. The molecule has 0 fully saturated rings. The zero-order chi connectivity index (χ0) is 55.0. The van der Waals surface area contributed by atoms with Crippen LogP contribution in [0.4, 0.5) is 0 Å².